The van der Waals surface area contributed by atoms with Gasteiger partial charge in [0, 0.05) is 25.2 Å². The van der Waals surface area contributed by atoms with E-state index in [0.29, 0.717) is 19.5 Å². The molecule has 1 N–H and O–H groups in total. The van der Waals surface area contributed by atoms with E-state index in [9.17, 15) is 25.0 Å². The Balaban J connectivity index is 3.20. The smallest absolute Gasteiger partial charge is 0.336 e. The molecule has 0 aliphatic rings. The molecule has 0 aromatic heterocycles. The van der Waals surface area contributed by atoms with Gasteiger partial charge in [0.25, 0.3) is 0 Å². The number of carbonyl (C=O) groups is 1. The van der Waals surface area contributed by atoms with Gasteiger partial charge in [0.2, 0.25) is 0 Å². The molecular formula is C18H27N3O6. The monoisotopic (exact) mass is 381 g/mol. The van der Waals surface area contributed by atoms with Gasteiger partial charge in [-0.05, 0) is 12.8 Å². The van der Waals surface area contributed by atoms with Crippen LogP contribution in [-0.2, 0) is 0 Å². The van der Waals surface area contributed by atoms with Gasteiger partial charge in [0.15, 0.2) is 5.69 Å². The fraction of sp³-hybridized carbons (Fsp3) is 0.611. The molecule has 0 heterocycles. The van der Waals surface area contributed by atoms with E-state index in [2.05, 4.69) is 6.92 Å². The van der Waals surface area contributed by atoms with Crippen LogP contribution in [0, 0.1) is 20.2 Å². The first kappa shape index (κ1) is 22.3. The second kappa shape index (κ2) is 11.1. The summed E-state index contributed by atoms with van der Waals surface area (Å²) in [4.78, 5) is 34.3. The molecule has 1 aromatic carbocycles. The highest BCUT2D eigenvalue weighted by molar-refractivity contribution is 5.92. The average Bonchev–Trinajstić information content (AvgIpc) is 2.62. The lowest BCUT2D eigenvalue weighted by Crippen LogP contribution is -2.27. The largest absolute Gasteiger partial charge is 0.478 e. The molecule has 0 aliphatic heterocycles. The van der Waals surface area contributed by atoms with Gasteiger partial charge in [-0.25, -0.2) is 4.79 Å². The molecule has 0 fully saturated rings. The van der Waals surface area contributed by atoms with Gasteiger partial charge in [-0.3, -0.25) is 20.2 Å². The van der Waals surface area contributed by atoms with Crippen molar-refractivity contribution in [3.63, 3.8) is 0 Å². The molecule has 0 spiro atoms. The lowest BCUT2D eigenvalue weighted by Gasteiger charge is -2.24. The minimum absolute atomic E-state index is 0.106. The quantitative estimate of drug-likeness (QED) is 0.296. The number of rotatable bonds is 13. The van der Waals surface area contributed by atoms with Crippen molar-refractivity contribution in [3.8, 4) is 0 Å². The van der Waals surface area contributed by atoms with Crippen molar-refractivity contribution >= 4 is 23.0 Å². The molecule has 27 heavy (non-hydrogen) atoms. The Morgan fingerprint density at radius 2 is 1.44 bits per heavy atom. The van der Waals surface area contributed by atoms with E-state index in [1.54, 1.807) is 4.90 Å². The molecule has 9 nitrogen and oxygen atoms in total. The van der Waals surface area contributed by atoms with E-state index in [4.69, 9.17) is 5.11 Å². The van der Waals surface area contributed by atoms with Crippen LogP contribution in [0.3, 0.4) is 0 Å². The van der Waals surface area contributed by atoms with E-state index in [1.165, 1.54) is 0 Å². The number of nitro groups is 2. The maximum Gasteiger partial charge on any atom is 0.336 e. The van der Waals surface area contributed by atoms with Crippen molar-refractivity contribution < 1.29 is 19.7 Å². The summed E-state index contributed by atoms with van der Waals surface area (Å²) < 4.78 is 0. The predicted molar refractivity (Wildman–Crippen MR) is 103 cm³/mol. The van der Waals surface area contributed by atoms with Crippen molar-refractivity contribution in [2.75, 3.05) is 18.0 Å². The SMILES string of the molecule is CCCCCCCCN(CCC)c1c([N+](=O)[O-])cc(C(=O)O)cc1[N+](=O)[O-]. The van der Waals surface area contributed by atoms with E-state index in [0.717, 1.165) is 50.7 Å². The summed E-state index contributed by atoms with van der Waals surface area (Å²) in [6.07, 6.45) is 6.83. The van der Waals surface area contributed by atoms with Crippen molar-refractivity contribution in [2.45, 2.75) is 58.8 Å². The number of unbranched alkanes of at least 4 members (excludes halogenated alkanes) is 5. The van der Waals surface area contributed by atoms with Gasteiger partial charge >= 0.3 is 17.3 Å². The Bertz CT molecular complexity index is 642. The minimum atomic E-state index is -1.44. The summed E-state index contributed by atoms with van der Waals surface area (Å²) in [5.74, 6) is -1.44. The molecule has 0 atom stereocenters. The van der Waals surface area contributed by atoms with Crippen molar-refractivity contribution in [1.82, 2.24) is 0 Å². The molecule has 9 heteroatoms. The van der Waals surface area contributed by atoms with Crippen molar-refractivity contribution in [3.05, 3.63) is 37.9 Å². The predicted octanol–water partition coefficient (Wildman–Crippen LogP) is 4.78. The second-order valence-corrected chi connectivity index (χ2v) is 6.44. The summed E-state index contributed by atoms with van der Waals surface area (Å²) in [5.41, 5.74) is -1.65. The van der Waals surface area contributed by atoms with Crippen LogP contribution in [-0.4, -0.2) is 34.0 Å². The number of hydrogen-bond acceptors (Lipinski definition) is 6. The zero-order valence-corrected chi connectivity index (χ0v) is 15.8. The fourth-order valence-corrected chi connectivity index (χ4v) is 3.02. The van der Waals surface area contributed by atoms with Crippen LogP contribution in [0.1, 0.15) is 69.2 Å². The highest BCUT2D eigenvalue weighted by Crippen LogP contribution is 2.39. The van der Waals surface area contributed by atoms with Crippen molar-refractivity contribution in [2.24, 2.45) is 0 Å². The molecule has 1 aromatic rings. The third-order valence-electron chi connectivity index (χ3n) is 4.30. The fourth-order valence-electron chi connectivity index (χ4n) is 3.02. The van der Waals surface area contributed by atoms with Crippen LogP contribution < -0.4 is 4.90 Å². The molecule has 0 amide bonds. The molecule has 1 rings (SSSR count). The number of benzene rings is 1. The highest BCUT2D eigenvalue weighted by atomic mass is 16.6. The first-order valence-electron chi connectivity index (χ1n) is 9.28. The standard InChI is InChI=1S/C18H27N3O6/c1-3-5-6-7-8-9-11-19(10-4-2)17-15(20(24)25)12-14(18(22)23)13-16(17)21(26)27/h12-13H,3-11H2,1-2H3,(H,22,23). The zero-order chi connectivity index (χ0) is 20.4. The lowest BCUT2D eigenvalue weighted by molar-refractivity contribution is -0.392. The van der Waals surface area contributed by atoms with Gasteiger partial charge in [-0.2, -0.15) is 0 Å². The van der Waals surface area contributed by atoms with Crippen LogP contribution >= 0.6 is 0 Å². The van der Waals surface area contributed by atoms with Gasteiger partial charge in [0.05, 0.1) is 15.4 Å². The number of anilines is 1. The van der Waals surface area contributed by atoms with Gasteiger partial charge in [-0.1, -0.05) is 46.0 Å². The molecule has 0 unspecified atom stereocenters. The summed E-state index contributed by atoms with van der Waals surface area (Å²) in [5, 5.41) is 32.1. The summed E-state index contributed by atoms with van der Waals surface area (Å²) >= 11 is 0. The molecule has 0 radical (unpaired) electrons. The summed E-state index contributed by atoms with van der Waals surface area (Å²) in [6, 6.07) is 1.79. The number of nitro benzene ring substituents is 2. The maximum absolute atomic E-state index is 11.5. The number of carboxylic acids is 1. The summed E-state index contributed by atoms with van der Waals surface area (Å²) in [6.45, 7) is 4.89. The molecule has 0 saturated heterocycles. The lowest BCUT2D eigenvalue weighted by atomic mass is 10.1. The van der Waals surface area contributed by atoms with Gasteiger partial charge < -0.3 is 10.0 Å². The molecular weight excluding hydrogens is 354 g/mol. The highest BCUT2D eigenvalue weighted by Gasteiger charge is 2.32. The van der Waals surface area contributed by atoms with Crippen LogP contribution in [0.15, 0.2) is 12.1 Å². The molecule has 0 aliphatic carbocycles. The zero-order valence-electron chi connectivity index (χ0n) is 15.8. The topological polar surface area (TPSA) is 127 Å². The Hall–Kier alpha value is -2.71. The van der Waals surface area contributed by atoms with Crippen LogP contribution in [0.5, 0.6) is 0 Å². The number of hydrogen-bond donors (Lipinski definition) is 1. The van der Waals surface area contributed by atoms with E-state index in [1.807, 2.05) is 6.92 Å². The van der Waals surface area contributed by atoms with E-state index < -0.39 is 32.8 Å². The van der Waals surface area contributed by atoms with E-state index >= 15 is 0 Å². The third kappa shape index (κ3) is 6.50. The maximum atomic E-state index is 11.5. The van der Waals surface area contributed by atoms with Crippen LogP contribution in [0.25, 0.3) is 0 Å². The Morgan fingerprint density at radius 1 is 0.926 bits per heavy atom. The average molecular weight is 381 g/mol. The number of carboxylic acid groups (broad SMARTS) is 1. The normalized spacial score (nSPS) is 10.6. The van der Waals surface area contributed by atoms with Crippen LogP contribution in [0.2, 0.25) is 0 Å². The Kier molecular flexibility index (Phi) is 9.18. The number of nitrogens with zero attached hydrogens (tertiary/aromatic N) is 3. The third-order valence-corrected chi connectivity index (χ3v) is 4.30. The second-order valence-electron chi connectivity index (χ2n) is 6.44. The summed E-state index contributed by atoms with van der Waals surface area (Å²) in [7, 11) is 0. The van der Waals surface area contributed by atoms with Crippen LogP contribution in [0.4, 0.5) is 17.1 Å². The molecule has 0 saturated carbocycles. The van der Waals surface area contributed by atoms with Crippen molar-refractivity contribution in [1.29, 1.82) is 0 Å². The van der Waals surface area contributed by atoms with Gasteiger partial charge in [-0.15, -0.1) is 0 Å². The van der Waals surface area contributed by atoms with E-state index in [-0.39, 0.29) is 5.69 Å². The van der Waals surface area contributed by atoms with Gasteiger partial charge in [0.1, 0.15) is 0 Å². The first-order chi connectivity index (χ1) is 12.8. The Morgan fingerprint density at radius 3 is 1.89 bits per heavy atom. The number of aromatic carboxylic acids is 1. The first-order valence-corrected chi connectivity index (χ1v) is 9.28. The molecule has 150 valence electrons. The minimum Gasteiger partial charge on any atom is -0.478 e. The molecule has 0 bridgehead atoms. The Labute approximate surface area is 158 Å².